The van der Waals surface area contributed by atoms with Gasteiger partial charge in [-0.05, 0) is 6.08 Å². The van der Waals surface area contributed by atoms with Gasteiger partial charge in [-0.2, -0.15) is 13.2 Å². The number of hydrogen-bond acceptors (Lipinski definition) is 3. The summed E-state index contributed by atoms with van der Waals surface area (Å²) in [7, 11) is 0. The number of hydrogen-bond donors (Lipinski definition) is 2. The zero-order valence-electron chi connectivity index (χ0n) is 10.4. The van der Waals surface area contributed by atoms with Crippen molar-refractivity contribution in [2.45, 2.75) is 18.3 Å². The number of carbonyl (C=O) groups is 1. The third-order valence-corrected chi connectivity index (χ3v) is 2.99. The SMILES string of the molecule is NC1(N)C=CC(C(=O)c2ccccc2)=C(C(F)(F)F)C1. The second kappa shape index (κ2) is 4.88. The third kappa shape index (κ3) is 2.97. The highest BCUT2D eigenvalue weighted by atomic mass is 19.4. The van der Waals surface area contributed by atoms with Crippen LogP contribution in [0.1, 0.15) is 16.8 Å². The van der Waals surface area contributed by atoms with E-state index >= 15 is 0 Å². The van der Waals surface area contributed by atoms with Crippen molar-refractivity contribution in [2.24, 2.45) is 11.5 Å². The summed E-state index contributed by atoms with van der Waals surface area (Å²) >= 11 is 0. The van der Waals surface area contributed by atoms with Crippen LogP contribution in [-0.4, -0.2) is 17.6 Å². The van der Waals surface area contributed by atoms with E-state index < -0.39 is 35.2 Å². The van der Waals surface area contributed by atoms with Gasteiger partial charge in [-0.15, -0.1) is 0 Å². The van der Waals surface area contributed by atoms with E-state index in [0.29, 0.717) is 0 Å². The standard InChI is InChI=1S/C14H13F3N2O/c15-14(16,17)11-8-13(18,19)7-6-10(11)12(20)9-4-2-1-3-5-9/h1-7H,8,18-19H2. The molecule has 0 fully saturated rings. The molecule has 0 heterocycles. The molecule has 0 aliphatic heterocycles. The molecule has 0 spiro atoms. The maximum Gasteiger partial charge on any atom is 0.413 e. The molecule has 0 aromatic heterocycles. The zero-order valence-corrected chi connectivity index (χ0v) is 10.4. The number of allylic oxidation sites excluding steroid dienone is 2. The second-order valence-electron chi connectivity index (χ2n) is 4.71. The molecule has 4 N–H and O–H groups in total. The summed E-state index contributed by atoms with van der Waals surface area (Å²) in [5.74, 6) is -0.690. The molecule has 0 unspecified atom stereocenters. The average molecular weight is 282 g/mol. The fourth-order valence-corrected chi connectivity index (χ4v) is 2.01. The van der Waals surface area contributed by atoms with Crippen LogP contribution in [0.2, 0.25) is 0 Å². The third-order valence-electron chi connectivity index (χ3n) is 2.99. The predicted octanol–water partition coefficient (Wildman–Crippen LogP) is 2.30. The molecule has 2 rings (SSSR count). The van der Waals surface area contributed by atoms with Crippen LogP contribution in [0.5, 0.6) is 0 Å². The number of nitrogens with two attached hydrogens (primary N) is 2. The van der Waals surface area contributed by atoms with Crippen LogP contribution in [0, 0.1) is 0 Å². The van der Waals surface area contributed by atoms with E-state index in [4.69, 9.17) is 11.5 Å². The van der Waals surface area contributed by atoms with Gasteiger partial charge < -0.3 is 11.5 Å². The van der Waals surface area contributed by atoms with Crippen molar-refractivity contribution in [1.29, 1.82) is 0 Å². The van der Waals surface area contributed by atoms with Gasteiger partial charge in [0, 0.05) is 23.1 Å². The molecule has 0 bridgehead atoms. The Bertz CT molecular complexity index is 586. The van der Waals surface area contributed by atoms with Crippen LogP contribution >= 0.6 is 0 Å². The molecule has 106 valence electrons. The molecular weight excluding hydrogens is 269 g/mol. The molecule has 0 radical (unpaired) electrons. The summed E-state index contributed by atoms with van der Waals surface area (Å²) in [5, 5.41) is 0. The Morgan fingerprint density at radius 1 is 1.15 bits per heavy atom. The molecule has 1 aliphatic carbocycles. The van der Waals surface area contributed by atoms with Crippen molar-refractivity contribution in [2.75, 3.05) is 0 Å². The van der Waals surface area contributed by atoms with Crippen LogP contribution in [0.3, 0.4) is 0 Å². The Morgan fingerprint density at radius 3 is 2.30 bits per heavy atom. The number of carbonyl (C=O) groups excluding carboxylic acids is 1. The van der Waals surface area contributed by atoms with Crippen LogP contribution in [0.25, 0.3) is 0 Å². The Balaban J connectivity index is 2.49. The zero-order chi connectivity index (χ0) is 15.0. The van der Waals surface area contributed by atoms with Gasteiger partial charge in [-0.3, -0.25) is 4.79 Å². The Labute approximate surface area is 113 Å². The molecule has 20 heavy (non-hydrogen) atoms. The molecule has 0 amide bonds. The summed E-state index contributed by atoms with van der Waals surface area (Å²) in [4.78, 5) is 12.2. The first kappa shape index (κ1) is 14.5. The number of Topliss-reactive ketones (excluding diaryl/α,β-unsaturated/α-hetero) is 1. The minimum atomic E-state index is -4.64. The lowest BCUT2D eigenvalue weighted by atomic mass is 9.86. The Hall–Kier alpha value is -1.92. The summed E-state index contributed by atoms with van der Waals surface area (Å²) in [6.45, 7) is 0. The minimum Gasteiger partial charge on any atom is -0.310 e. The lowest BCUT2D eigenvalue weighted by Crippen LogP contribution is -2.50. The first-order valence-electron chi connectivity index (χ1n) is 5.88. The van der Waals surface area contributed by atoms with Crippen LogP contribution in [0.4, 0.5) is 13.2 Å². The van der Waals surface area contributed by atoms with Gasteiger partial charge in [0.05, 0.1) is 5.66 Å². The number of ketones is 1. The van der Waals surface area contributed by atoms with E-state index in [2.05, 4.69) is 0 Å². The number of rotatable bonds is 2. The van der Waals surface area contributed by atoms with Gasteiger partial charge >= 0.3 is 6.18 Å². The highest BCUT2D eigenvalue weighted by Gasteiger charge is 2.42. The van der Waals surface area contributed by atoms with Crippen molar-refractivity contribution in [3.05, 3.63) is 59.2 Å². The largest absolute Gasteiger partial charge is 0.413 e. The van der Waals surface area contributed by atoms with E-state index in [0.717, 1.165) is 6.08 Å². The van der Waals surface area contributed by atoms with E-state index in [1.165, 1.54) is 18.2 Å². The highest BCUT2D eigenvalue weighted by molar-refractivity contribution is 6.11. The molecule has 3 nitrogen and oxygen atoms in total. The lowest BCUT2D eigenvalue weighted by molar-refractivity contribution is -0.0960. The van der Waals surface area contributed by atoms with Crippen molar-refractivity contribution < 1.29 is 18.0 Å². The van der Waals surface area contributed by atoms with Gasteiger partial charge in [0.15, 0.2) is 5.78 Å². The molecule has 6 heteroatoms. The summed E-state index contributed by atoms with van der Waals surface area (Å²) in [6.07, 6.45) is -2.99. The smallest absolute Gasteiger partial charge is 0.310 e. The van der Waals surface area contributed by atoms with Crippen molar-refractivity contribution in [3.8, 4) is 0 Å². The normalized spacial score (nSPS) is 18.2. The van der Waals surface area contributed by atoms with Crippen molar-refractivity contribution >= 4 is 5.78 Å². The molecule has 0 saturated carbocycles. The van der Waals surface area contributed by atoms with Gasteiger partial charge in [0.25, 0.3) is 0 Å². The summed E-state index contributed by atoms with van der Waals surface area (Å²) < 4.78 is 39.2. The van der Waals surface area contributed by atoms with Crippen LogP contribution in [0.15, 0.2) is 53.6 Å². The average Bonchev–Trinajstić information content (AvgIpc) is 2.37. The molecule has 1 aromatic rings. The maximum absolute atomic E-state index is 13.1. The van der Waals surface area contributed by atoms with Gasteiger partial charge in [-0.1, -0.05) is 36.4 Å². The van der Waals surface area contributed by atoms with Gasteiger partial charge in [0.1, 0.15) is 0 Å². The first-order chi connectivity index (χ1) is 9.21. The summed E-state index contributed by atoms with van der Waals surface area (Å²) in [5.41, 5.74) is 8.23. The lowest BCUT2D eigenvalue weighted by Gasteiger charge is -2.28. The minimum absolute atomic E-state index is 0.190. The Morgan fingerprint density at radius 2 is 1.75 bits per heavy atom. The van der Waals surface area contributed by atoms with Crippen LogP contribution in [-0.2, 0) is 0 Å². The van der Waals surface area contributed by atoms with E-state index in [1.54, 1.807) is 18.2 Å². The number of halogens is 3. The molecular formula is C14H13F3N2O. The number of alkyl halides is 3. The van der Waals surface area contributed by atoms with E-state index in [-0.39, 0.29) is 5.56 Å². The summed E-state index contributed by atoms with van der Waals surface area (Å²) in [6, 6.07) is 7.78. The second-order valence-corrected chi connectivity index (χ2v) is 4.71. The predicted molar refractivity (Wildman–Crippen MR) is 68.7 cm³/mol. The first-order valence-corrected chi connectivity index (χ1v) is 5.88. The van der Waals surface area contributed by atoms with E-state index in [9.17, 15) is 18.0 Å². The topological polar surface area (TPSA) is 69.1 Å². The van der Waals surface area contributed by atoms with Gasteiger partial charge in [0.2, 0.25) is 0 Å². The quantitative estimate of drug-likeness (QED) is 0.646. The number of benzene rings is 1. The molecule has 0 atom stereocenters. The monoisotopic (exact) mass is 282 g/mol. The van der Waals surface area contributed by atoms with Crippen LogP contribution < -0.4 is 11.5 Å². The van der Waals surface area contributed by atoms with Crippen molar-refractivity contribution in [3.63, 3.8) is 0 Å². The Kier molecular flexibility index (Phi) is 3.54. The molecule has 1 aliphatic rings. The molecule has 0 saturated heterocycles. The van der Waals surface area contributed by atoms with Gasteiger partial charge in [-0.25, -0.2) is 0 Å². The highest BCUT2D eigenvalue weighted by Crippen LogP contribution is 2.37. The fourth-order valence-electron chi connectivity index (χ4n) is 2.01. The molecule has 1 aromatic carbocycles. The van der Waals surface area contributed by atoms with Crippen molar-refractivity contribution in [1.82, 2.24) is 0 Å². The fraction of sp³-hybridized carbons (Fsp3) is 0.214. The van der Waals surface area contributed by atoms with E-state index in [1.807, 2.05) is 0 Å². The maximum atomic E-state index is 13.1.